The van der Waals surface area contributed by atoms with Crippen LogP contribution < -0.4 is 4.74 Å². The minimum absolute atomic E-state index is 0.186. The molecule has 1 aromatic rings. The van der Waals surface area contributed by atoms with Crippen LogP contribution in [-0.2, 0) is 9.53 Å². The molecule has 0 aliphatic rings. The Morgan fingerprint density at radius 1 is 1.31 bits per heavy atom. The van der Waals surface area contributed by atoms with Gasteiger partial charge in [0.1, 0.15) is 5.75 Å². The Bertz CT molecular complexity index is 347. The van der Waals surface area contributed by atoms with E-state index in [1.807, 2.05) is 38.1 Å². The smallest absolute Gasteiger partial charge is 0.313 e. The summed E-state index contributed by atoms with van der Waals surface area (Å²) in [5.41, 5.74) is 0.894. The van der Waals surface area contributed by atoms with E-state index in [2.05, 4.69) is 0 Å². The number of hydrogen-bond acceptors (Lipinski definition) is 3. The molecule has 0 amide bonds. The normalized spacial score (nSPS) is 11.9. The Balaban J connectivity index is 2.98. The number of rotatable bonds is 5. The Morgan fingerprint density at radius 3 is 2.56 bits per heavy atom. The molecule has 0 radical (unpaired) electrons. The quantitative estimate of drug-likeness (QED) is 0.719. The summed E-state index contributed by atoms with van der Waals surface area (Å²) >= 11 is 0. The summed E-state index contributed by atoms with van der Waals surface area (Å²) in [6, 6.07) is 7.56. The molecule has 0 aliphatic heterocycles. The lowest BCUT2D eigenvalue weighted by molar-refractivity contribution is -0.145. The van der Waals surface area contributed by atoms with Gasteiger partial charge in [0, 0.05) is 5.56 Å². The molecular formula is C13H18O3. The zero-order chi connectivity index (χ0) is 12.0. The monoisotopic (exact) mass is 222 g/mol. The molecule has 0 heterocycles. The van der Waals surface area contributed by atoms with Gasteiger partial charge in [0.25, 0.3) is 0 Å². The largest absolute Gasteiger partial charge is 0.496 e. The topological polar surface area (TPSA) is 35.5 Å². The fraction of sp³-hybridized carbons (Fsp3) is 0.462. The first-order valence-electron chi connectivity index (χ1n) is 5.54. The molecule has 1 aromatic carbocycles. The van der Waals surface area contributed by atoms with Gasteiger partial charge in [-0.05, 0) is 19.4 Å². The Morgan fingerprint density at radius 2 is 2.00 bits per heavy atom. The molecule has 0 bridgehead atoms. The maximum absolute atomic E-state index is 11.8. The van der Waals surface area contributed by atoms with Crippen molar-refractivity contribution in [2.75, 3.05) is 13.7 Å². The molecule has 0 saturated heterocycles. The lowest BCUT2D eigenvalue weighted by Crippen LogP contribution is -2.16. The fourth-order valence-corrected chi connectivity index (χ4v) is 1.71. The van der Waals surface area contributed by atoms with Crippen LogP contribution in [0.2, 0.25) is 0 Å². The van der Waals surface area contributed by atoms with Gasteiger partial charge in [-0.3, -0.25) is 4.79 Å². The van der Waals surface area contributed by atoms with Crippen LogP contribution in [0.15, 0.2) is 24.3 Å². The van der Waals surface area contributed by atoms with Crippen LogP contribution in [0.3, 0.4) is 0 Å². The van der Waals surface area contributed by atoms with Crippen molar-refractivity contribution in [3.05, 3.63) is 29.8 Å². The average molecular weight is 222 g/mol. The molecule has 0 aromatic heterocycles. The fourth-order valence-electron chi connectivity index (χ4n) is 1.71. The lowest BCUT2D eigenvalue weighted by atomic mass is 9.96. The molecule has 1 rings (SSSR count). The second kappa shape index (κ2) is 6.16. The number of methoxy groups -OCH3 is 1. The first kappa shape index (κ1) is 12.6. The summed E-state index contributed by atoms with van der Waals surface area (Å²) in [4.78, 5) is 11.8. The summed E-state index contributed by atoms with van der Waals surface area (Å²) in [5.74, 6) is 0.313. The third kappa shape index (κ3) is 2.75. The number of ether oxygens (including phenoxy) is 2. The van der Waals surface area contributed by atoms with Crippen molar-refractivity contribution in [1.29, 1.82) is 0 Å². The van der Waals surface area contributed by atoms with E-state index in [0.717, 1.165) is 11.3 Å². The van der Waals surface area contributed by atoms with E-state index >= 15 is 0 Å². The second-order valence-electron chi connectivity index (χ2n) is 3.45. The zero-order valence-corrected chi connectivity index (χ0v) is 10.0. The molecular weight excluding hydrogens is 204 g/mol. The van der Waals surface area contributed by atoms with Crippen molar-refractivity contribution in [3.8, 4) is 5.75 Å². The maximum Gasteiger partial charge on any atom is 0.313 e. The molecule has 0 N–H and O–H groups in total. The van der Waals surface area contributed by atoms with Gasteiger partial charge in [0.15, 0.2) is 0 Å². The third-order valence-electron chi connectivity index (χ3n) is 2.49. The van der Waals surface area contributed by atoms with E-state index in [4.69, 9.17) is 9.47 Å². The SMILES string of the molecule is CCOC(=O)C(CC)c1ccccc1OC. The molecule has 0 fully saturated rings. The Labute approximate surface area is 96.4 Å². The van der Waals surface area contributed by atoms with Crippen LogP contribution >= 0.6 is 0 Å². The maximum atomic E-state index is 11.8. The number of para-hydroxylation sites is 1. The molecule has 0 saturated carbocycles. The van der Waals surface area contributed by atoms with Crippen molar-refractivity contribution in [1.82, 2.24) is 0 Å². The van der Waals surface area contributed by atoms with Crippen LogP contribution in [0.25, 0.3) is 0 Å². The molecule has 1 atom stereocenters. The summed E-state index contributed by atoms with van der Waals surface area (Å²) < 4.78 is 10.3. The van der Waals surface area contributed by atoms with Gasteiger partial charge in [0.2, 0.25) is 0 Å². The van der Waals surface area contributed by atoms with Crippen molar-refractivity contribution in [3.63, 3.8) is 0 Å². The number of carbonyl (C=O) groups is 1. The molecule has 3 nitrogen and oxygen atoms in total. The average Bonchev–Trinajstić information content (AvgIpc) is 2.31. The van der Waals surface area contributed by atoms with Gasteiger partial charge in [-0.15, -0.1) is 0 Å². The molecule has 0 spiro atoms. The lowest BCUT2D eigenvalue weighted by Gasteiger charge is -2.16. The highest BCUT2D eigenvalue weighted by molar-refractivity contribution is 5.79. The van der Waals surface area contributed by atoms with Crippen molar-refractivity contribution in [2.45, 2.75) is 26.2 Å². The summed E-state index contributed by atoms with van der Waals surface area (Å²) in [6.07, 6.45) is 0.708. The van der Waals surface area contributed by atoms with Gasteiger partial charge in [-0.2, -0.15) is 0 Å². The summed E-state index contributed by atoms with van der Waals surface area (Å²) in [6.45, 7) is 4.19. The van der Waals surface area contributed by atoms with E-state index in [1.54, 1.807) is 7.11 Å². The third-order valence-corrected chi connectivity index (χ3v) is 2.49. The highest BCUT2D eigenvalue weighted by Crippen LogP contribution is 2.29. The highest BCUT2D eigenvalue weighted by atomic mass is 16.5. The Kier molecular flexibility index (Phi) is 4.83. The minimum Gasteiger partial charge on any atom is -0.496 e. The van der Waals surface area contributed by atoms with Gasteiger partial charge < -0.3 is 9.47 Å². The number of hydrogen-bond donors (Lipinski definition) is 0. The molecule has 16 heavy (non-hydrogen) atoms. The van der Waals surface area contributed by atoms with Gasteiger partial charge in [0.05, 0.1) is 19.6 Å². The zero-order valence-electron chi connectivity index (χ0n) is 10.0. The standard InChI is InChI=1S/C13H18O3/c1-4-10(13(14)16-5-2)11-8-6-7-9-12(11)15-3/h6-10H,4-5H2,1-3H3. The van der Waals surface area contributed by atoms with Crippen LogP contribution in [0.1, 0.15) is 31.7 Å². The molecule has 1 unspecified atom stereocenters. The molecule has 0 aliphatic carbocycles. The van der Waals surface area contributed by atoms with Crippen LogP contribution in [0, 0.1) is 0 Å². The van der Waals surface area contributed by atoms with Crippen molar-refractivity contribution in [2.24, 2.45) is 0 Å². The number of esters is 1. The second-order valence-corrected chi connectivity index (χ2v) is 3.45. The van der Waals surface area contributed by atoms with Crippen LogP contribution in [0.5, 0.6) is 5.75 Å². The summed E-state index contributed by atoms with van der Waals surface area (Å²) in [7, 11) is 1.61. The van der Waals surface area contributed by atoms with Crippen LogP contribution in [-0.4, -0.2) is 19.7 Å². The number of benzene rings is 1. The van der Waals surface area contributed by atoms with Gasteiger partial charge in [-0.25, -0.2) is 0 Å². The first-order chi connectivity index (χ1) is 7.74. The van der Waals surface area contributed by atoms with E-state index in [1.165, 1.54) is 0 Å². The number of carbonyl (C=O) groups excluding carboxylic acids is 1. The van der Waals surface area contributed by atoms with E-state index in [9.17, 15) is 4.79 Å². The van der Waals surface area contributed by atoms with E-state index in [-0.39, 0.29) is 11.9 Å². The van der Waals surface area contributed by atoms with Gasteiger partial charge >= 0.3 is 5.97 Å². The van der Waals surface area contributed by atoms with Crippen LogP contribution in [0.4, 0.5) is 0 Å². The van der Waals surface area contributed by atoms with Crippen molar-refractivity contribution < 1.29 is 14.3 Å². The Hall–Kier alpha value is -1.51. The van der Waals surface area contributed by atoms with E-state index < -0.39 is 0 Å². The van der Waals surface area contributed by atoms with Crippen molar-refractivity contribution >= 4 is 5.97 Å². The molecule has 88 valence electrons. The molecule has 3 heteroatoms. The predicted molar refractivity (Wildman–Crippen MR) is 62.7 cm³/mol. The predicted octanol–water partition coefficient (Wildman–Crippen LogP) is 2.75. The van der Waals surface area contributed by atoms with E-state index in [0.29, 0.717) is 13.0 Å². The highest BCUT2D eigenvalue weighted by Gasteiger charge is 2.22. The minimum atomic E-state index is -0.240. The van der Waals surface area contributed by atoms with Gasteiger partial charge in [-0.1, -0.05) is 25.1 Å². The first-order valence-corrected chi connectivity index (χ1v) is 5.54. The summed E-state index contributed by atoms with van der Waals surface area (Å²) in [5, 5.41) is 0.